The predicted molar refractivity (Wildman–Crippen MR) is 51.1 cm³/mol. The standard InChI is InChI=1S/C11H11FN2/c12-11-8(7-13)3-1-4-9(11)10-5-2-6-14-10/h1,3-4,10,14H,2,5-6H2/t10-/m1/s1. The molecular formula is C11H11FN2. The Morgan fingerprint density at radius 2 is 2.36 bits per heavy atom. The molecule has 1 N–H and O–H groups in total. The molecule has 0 amide bonds. The normalized spacial score (nSPS) is 20.7. The summed E-state index contributed by atoms with van der Waals surface area (Å²) in [6.45, 7) is 0.931. The minimum Gasteiger partial charge on any atom is -0.310 e. The second kappa shape index (κ2) is 3.77. The van der Waals surface area contributed by atoms with Crippen LogP contribution in [-0.4, -0.2) is 6.54 Å². The van der Waals surface area contributed by atoms with Gasteiger partial charge in [0.05, 0.1) is 5.56 Å². The van der Waals surface area contributed by atoms with Crippen molar-refractivity contribution in [3.8, 4) is 6.07 Å². The van der Waals surface area contributed by atoms with Crippen LogP contribution in [0.15, 0.2) is 18.2 Å². The van der Waals surface area contributed by atoms with E-state index in [0.29, 0.717) is 5.56 Å². The first-order valence-corrected chi connectivity index (χ1v) is 4.75. The highest BCUT2D eigenvalue weighted by atomic mass is 19.1. The zero-order valence-electron chi connectivity index (χ0n) is 7.76. The van der Waals surface area contributed by atoms with Crippen molar-refractivity contribution in [2.24, 2.45) is 0 Å². The smallest absolute Gasteiger partial charge is 0.145 e. The summed E-state index contributed by atoms with van der Waals surface area (Å²) < 4.78 is 13.7. The second-order valence-corrected chi connectivity index (χ2v) is 3.47. The maximum Gasteiger partial charge on any atom is 0.145 e. The highest BCUT2D eigenvalue weighted by Gasteiger charge is 2.20. The fraction of sp³-hybridized carbons (Fsp3) is 0.364. The Bertz CT molecular complexity index is 375. The van der Waals surface area contributed by atoms with Crippen molar-refractivity contribution in [3.05, 3.63) is 35.1 Å². The highest BCUT2D eigenvalue weighted by molar-refractivity contribution is 5.36. The van der Waals surface area contributed by atoms with Gasteiger partial charge < -0.3 is 5.32 Å². The van der Waals surface area contributed by atoms with E-state index in [-0.39, 0.29) is 17.4 Å². The molecule has 1 aromatic carbocycles. The minimum absolute atomic E-state index is 0.0864. The molecule has 3 heteroatoms. The van der Waals surface area contributed by atoms with E-state index in [9.17, 15) is 4.39 Å². The summed E-state index contributed by atoms with van der Waals surface area (Å²) in [6, 6.07) is 6.93. The van der Waals surface area contributed by atoms with Crippen molar-refractivity contribution in [2.75, 3.05) is 6.54 Å². The molecule has 1 fully saturated rings. The lowest BCUT2D eigenvalue weighted by Gasteiger charge is -2.11. The number of benzene rings is 1. The Morgan fingerprint density at radius 3 is 3.00 bits per heavy atom. The van der Waals surface area contributed by atoms with Crippen LogP contribution >= 0.6 is 0 Å². The fourth-order valence-corrected chi connectivity index (χ4v) is 1.86. The molecule has 2 rings (SSSR count). The van der Waals surface area contributed by atoms with Gasteiger partial charge in [-0.1, -0.05) is 12.1 Å². The molecule has 0 bridgehead atoms. The number of halogens is 1. The van der Waals surface area contributed by atoms with Gasteiger partial charge in [0.15, 0.2) is 0 Å². The molecule has 1 atom stereocenters. The molecule has 1 aliphatic heterocycles. The van der Waals surface area contributed by atoms with E-state index in [1.54, 1.807) is 12.1 Å². The van der Waals surface area contributed by atoms with Gasteiger partial charge in [0.2, 0.25) is 0 Å². The Balaban J connectivity index is 2.38. The number of nitrogens with one attached hydrogen (secondary N) is 1. The summed E-state index contributed by atoms with van der Waals surface area (Å²) in [4.78, 5) is 0. The molecule has 1 heterocycles. The third kappa shape index (κ3) is 1.49. The topological polar surface area (TPSA) is 35.8 Å². The van der Waals surface area contributed by atoms with E-state index >= 15 is 0 Å². The Morgan fingerprint density at radius 1 is 1.50 bits per heavy atom. The SMILES string of the molecule is N#Cc1cccc([C@H]2CCCN2)c1F. The van der Waals surface area contributed by atoms with Crippen molar-refractivity contribution in [3.63, 3.8) is 0 Å². The molecule has 0 radical (unpaired) electrons. The Labute approximate surface area is 82.4 Å². The molecule has 0 aliphatic carbocycles. The van der Waals surface area contributed by atoms with Crippen LogP contribution in [0, 0.1) is 17.1 Å². The number of rotatable bonds is 1. The number of hydrogen-bond donors (Lipinski definition) is 1. The summed E-state index contributed by atoms with van der Waals surface area (Å²) in [5.74, 6) is -0.366. The molecule has 1 aromatic rings. The van der Waals surface area contributed by atoms with E-state index in [1.165, 1.54) is 6.07 Å². The average molecular weight is 190 g/mol. The van der Waals surface area contributed by atoms with Gasteiger partial charge in [0.25, 0.3) is 0 Å². The third-order valence-corrected chi connectivity index (χ3v) is 2.58. The second-order valence-electron chi connectivity index (χ2n) is 3.47. The van der Waals surface area contributed by atoms with Crippen LogP contribution in [-0.2, 0) is 0 Å². The molecule has 2 nitrogen and oxygen atoms in total. The van der Waals surface area contributed by atoms with Gasteiger partial charge in [0, 0.05) is 11.6 Å². The van der Waals surface area contributed by atoms with E-state index in [0.717, 1.165) is 19.4 Å². The van der Waals surface area contributed by atoms with E-state index < -0.39 is 0 Å². The maximum absolute atomic E-state index is 13.7. The van der Waals surface area contributed by atoms with Gasteiger partial charge in [-0.25, -0.2) is 4.39 Å². The van der Waals surface area contributed by atoms with Crippen LogP contribution in [0.3, 0.4) is 0 Å². The first kappa shape index (κ1) is 9.17. The monoisotopic (exact) mass is 190 g/mol. The number of hydrogen-bond acceptors (Lipinski definition) is 2. The van der Waals surface area contributed by atoms with Crippen LogP contribution in [0.5, 0.6) is 0 Å². The first-order chi connectivity index (χ1) is 6.83. The van der Waals surface area contributed by atoms with Crippen LogP contribution in [0.25, 0.3) is 0 Å². The van der Waals surface area contributed by atoms with Crippen molar-refractivity contribution < 1.29 is 4.39 Å². The summed E-state index contributed by atoms with van der Waals surface area (Å²) in [5, 5.41) is 11.9. The first-order valence-electron chi connectivity index (χ1n) is 4.75. The van der Waals surface area contributed by atoms with Gasteiger partial charge in [-0.15, -0.1) is 0 Å². The summed E-state index contributed by atoms with van der Waals surface area (Å²) in [6.07, 6.45) is 2.02. The quantitative estimate of drug-likeness (QED) is 0.736. The van der Waals surface area contributed by atoms with E-state index in [1.807, 2.05) is 6.07 Å². The third-order valence-electron chi connectivity index (χ3n) is 2.58. The van der Waals surface area contributed by atoms with Gasteiger partial charge in [0.1, 0.15) is 11.9 Å². The van der Waals surface area contributed by atoms with Gasteiger partial charge in [-0.05, 0) is 25.5 Å². The molecule has 1 aliphatic rings. The molecule has 0 aromatic heterocycles. The average Bonchev–Trinajstić information content (AvgIpc) is 2.71. The lowest BCUT2D eigenvalue weighted by molar-refractivity contribution is 0.556. The number of nitriles is 1. The van der Waals surface area contributed by atoms with E-state index in [4.69, 9.17) is 5.26 Å². The lowest BCUT2D eigenvalue weighted by Crippen LogP contribution is -2.14. The summed E-state index contributed by atoms with van der Waals surface area (Å²) >= 11 is 0. The van der Waals surface area contributed by atoms with Crippen molar-refractivity contribution in [2.45, 2.75) is 18.9 Å². The molecule has 0 unspecified atom stereocenters. The van der Waals surface area contributed by atoms with Crippen molar-refractivity contribution >= 4 is 0 Å². The van der Waals surface area contributed by atoms with Crippen molar-refractivity contribution in [1.82, 2.24) is 5.32 Å². The molecule has 0 saturated carbocycles. The minimum atomic E-state index is -0.366. The molecule has 1 saturated heterocycles. The largest absolute Gasteiger partial charge is 0.310 e. The summed E-state index contributed by atoms with van der Waals surface area (Å²) in [5.41, 5.74) is 0.762. The Hall–Kier alpha value is -1.40. The van der Waals surface area contributed by atoms with Crippen LogP contribution in [0.1, 0.15) is 30.0 Å². The molecular weight excluding hydrogens is 179 g/mol. The predicted octanol–water partition coefficient (Wildman–Crippen LogP) is 2.12. The molecule has 14 heavy (non-hydrogen) atoms. The van der Waals surface area contributed by atoms with E-state index in [2.05, 4.69) is 5.32 Å². The summed E-state index contributed by atoms with van der Waals surface area (Å²) in [7, 11) is 0. The number of nitrogens with zero attached hydrogens (tertiary/aromatic N) is 1. The van der Waals surface area contributed by atoms with Gasteiger partial charge >= 0.3 is 0 Å². The highest BCUT2D eigenvalue weighted by Crippen LogP contribution is 2.26. The van der Waals surface area contributed by atoms with Crippen LogP contribution in [0.4, 0.5) is 4.39 Å². The molecule has 0 spiro atoms. The van der Waals surface area contributed by atoms with Gasteiger partial charge in [-0.3, -0.25) is 0 Å². The lowest BCUT2D eigenvalue weighted by atomic mass is 10.0. The van der Waals surface area contributed by atoms with Crippen LogP contribution in [0.2, 0.25) is 0 Å². The zero-order chi connectivity index (χ0) is 9.97. The Kier molecular flexibility index (Phi) is 2.47. The maximum atomic E-state index is 13.7. The van der Waals surface area contributed by atoms with Gasteiger partial charge in [-0.2, -0.15) is 5.26 Å². The zero-order valence-corrected chi connectivity index (χ0v) is 7.76. The molecule has 72 valence electrons. The van der Waals surface area contributed by atoms with Crippen molar-refractivity contribution in [1.29, 1.82) is 5.26 Å². The fourth-order valence-electron chi connectivity index (χ4n) is 1.86. The van der Waals surface area contributed by atoms with Crippen LogP contribution < -0.4 is 5.32 Å².